The van der Waals surface area contributed by atoms with Crippen LogP contribution in [0.5, 0.6) is 0 Å². The van der Waals surface area contributed by atoms with Gasteiger partial charge in [-0.3, -0.25) is 4.79 Å². The van der Waals surface area contributed by atoms with Crippen molar-refractivity contribution in [2.45, 2.75) is 19.4 Å². The van der Waals surface area contributed by atoms with Gasteiger partial charge in [0.1, 0.15) is 0 Å². The first-order valence-electron chi connectivity index (χ1n) is 8.06. The number of halogens is 2. The Hall–Kier alpha value is -1.55. The molecule has 2 aromatic carbocycles. The highest BCUT2D eigenvalue weighted by Crippen LogP contribution is 2.25. The minimum absolute atomic E-state index is 0. The van der Waals surface area contributed by atoms with E-state index < -0.39 is 0 Å². The molecule has 3 nitrogen and oxygen atoms in total. The van der Waals surface area contributed by atoms with Crippen LogP contribution in [0.15, 0.2) is 48.5 Å². The van der Waals surface area contributed by atoms with E-state index in [1.54, 1.807) is 0 Å². The Labute approximate surface area is 154 Å². The molecule has 0 aromatic heterocycles. The van der Waals surface area contributed by atoms with Crippen LogP contribution in [0.2, 0.25) is 5.02 Å². The molecule has 0 radical (unpaired) electrons. The lowest BCUT2D eigenvalue weighted by molar-refractivity contribution is -0.125. The van der Waals surface area contributed by atoms with Gasteiger partial charge in [-0.25, -0.2) is 0 Å². The minimum atomic E-state index is 0. The average molecular weight is 365 g/mol. The lowest BCUT2D eigenvalue weighted by Gasteiger charge is -2.22. The van der Waals surface area contributed by atoms with Crippen LogP contribution in [0.25, 0.3) is 11.1 Å². The van der Waals surface area contributed by atoms with E-state index in [2.05, 4.69) is 22.8 Å². The summed E-state index contributed by atoms with van der Waals surface area (Å²) >= 11 is 5.96. The van der Waals surface area contributed by atoms with Crippen LogP contribution in [0.3, 0.4) is 0 Å². The van der Waals surface area contributed by atoms with Crippen molar-refractivity contribution in [3.63, 3.8) is 0 Å². The highest BCUT2D eigenvalue weighted by atomic mass is 35.5. The quantitative estimate of drug-likeness (QED) is 0.859. The summed E-state index contributed by atoms with van der Waals surface area (Å²) in [6.07, 6.45) is 2.04. The van der Waals surface area contributed by atoms with Gasteiger partial charge in [0.25, 0.3) is 0 Å². The number of hydrogen-bond donors (Lipinski definition) is 2. The van der Waals surface area contributed by atoms with Crippen molar-refractivity contribution in [1.82, 2.24) is 10.6 Å². The molecule has 1 amide bonds. The zero-order valence-corrected chi connectivity index (χ0v) is 15.0. The molecule has 128 valence electrons. The van der Waals surface area contributed by atoms with Gasteiger partial charge in [0.15, 0.2) is 0 Å². The van der Waals surface area contributed by atoms with Gasteiger partial charge in [0, 0.05) is 18.1 Å². The van der Waals surface area contributed by atoms with Crippen LogP contribution < -0.4 is 10.6 Å². The second-order valence-corrected chi connectivity index (χ2v) is 6.36. The summed E-state index contributed by atoms with van der Waals surface area (Å²) in [4.78, 5) is 12.3. The van der Waals surface area contributed by atoms with Crippen molar-refractivity contribution in [1.29, 1.82) is 0 Å². The average Bonchev–Trinajstić information content (AvgIpc) is 2.61. The molecule has 1 aliphatic rings. The maximum atomic E-state index is 12.3. The van der Waals surface area contributed by atoms with Crippen molar-refractivity contribution in [3.05, 3.63) is 59.1 Å². The first-order chi connectivity index (χ1) is 11.2. The summed E-state index contributed by atoms with van der Waals surface area (Å²) < 4.78 is 0. The largest absolute Gasteiger partial charge is 0.352 e. The van der Waals surface area contributed by atoms with Crippen LogP contribution in [-0.4, -0.2) is 19.0 Å². The number of piperidine rings is 1. The normalized spacial score (nSPS) is 17.0. The molecule has 1 saturated heterocycles. The molecule has 1 aliphatic heterocycles. The molecule has 0 saturated carbocycles. The van der Waals surface area contributed by atoms with Crippen molar-refractivity contribution in [2.75, 3.05) is 13.1 Å². The highest BCUT2D eigenvalue weighted by molar-refractivity contribution is 6.30. The molecular formula is C19H22Cl2N2O. The summed E-state index contributed by atoms with van der Waals surface area (Å²) in [5, 5.41) is 7.09. The second kappa shape index (κ2) is 9.07. The van der Waals surface area contributed by atoms with Crippen molar-refractivity contribution in [3.8, 4) is 11.1 Å². The number of rotatable bonds is 4. The van der Waals surface area contributed by atoms with Crippen LogP contribution in [0.1, 0.15) is 18.4 Å². The Balaban J connectivity index is 0.00000208. The number of nitrogens with one attached hydrogen (secondary N) is 2. The number of amides is 1. The maximum absolute atomic E-state index is 12.3. The van der Waals surface area contributed by atoms with E-state index in [1.165, 1.54) is 0 Å². The molecule has 2 aromatic rings. The SMILES string of the molecule is Cl.O=C(NCc1ccccc1-c1ccc(Cl)cc1)C1CCCNC1. The molecule has 24 heavy (non-hydrogen) atoms. The fraction of sp³-hybridized carbons (Fsp3) is 0.316. The third-order valence-corrected chi connectivity index (χ3v) is 4.55. The van der Waals surface area contributed by atoms with Crippen molar-refractivity contribution in [2.24, 2.45) is 5.92 Å². The van der Waals surface area contributed by atoms with Gasteiger partial charge in [-0.15, -0.1) is 12.4 Å². The number of carbonyl (C=O) groups excluding carboxylic acids is 1. The molecule has 0 bridgehead atoms. The van der Waals surface area contributed by atoms with E-state index in [0.29, 0.717) is 6.54 Å². The number of carbonyl (C=O) groups is 1. The Morgan fingerprint density at radius 2 is 1.92 bits per heavy atom. The molecule has 0 aliphatic carbocycles. The van der Waals surface area contributed by atoms with E-state index in [0.717, 1.165) is 47.6 Å². The Morgan fingerprint density at radius 3 is 2.62 bits per heavy atom. The Morgan fingerprint density at radius 1 is 1.17 bits per heavy atom. The lowest BCUT2D eigenvalue weighted by Crippen LogP contribution is -2.40. The van der Waals surface area contributed by atoms with Gasteiger partial charge >= 0.3 is 0 Å². The van der Waals surface area contributed by atoms with Gasteiger partial charge in [0.2, 0.25) is 5.91 Å². The molecule has 1 atom stereocenters. The molecular weight excluding hydrogens is 343 g/mol. The van der Waals surface area contributed by atoms with Crippen molar-refractivity contribution < 1.29 is 4.79 Å². The zero-order chi connectivity index (χ0) is 16.1. The van der Waals surface area contributed by atoms with Crippen molar-refractivity contribution >= 4 is 29.9 Å². The summed E-state index contributed by atoms with van der Waals surface area (Å²) in [5.74, 6) is 0.231. The Kier molecular flexibility index (Phi) is 7.10. The fourth-order valence-corrected chi connectivity index (χ4v) is 3.11. The summed E-state index contributed by atoms with van der Waals surface area (Å²) in [6, 6.07) is 15.9. The topological polar surface area (TPSA) is 41.1 Å². The van der Waals surface area contributed by atoms with Gasteiger partial charge in [-0.2, -0.15) is 0 Å². The molecule has 5 heteroatoms. The predicted molar refractivity (Wildman–Crippen MR) is 102 cm³/mol. The molecule has 1 fully saturated rings. The predicted octanol–water partition coefficient (Wildman–Crippen LogP) is 4.04. The number of hydrogen-bond acceptors (Lipinski definition) is 2. The van der Waals surface area contributed by atoms with Crippen LogP contribution in [-0.2, 0) is 11.3 Å². The third-order valence-electron chi connectivity index (χ3n) is 4.29. The van der Waals surface area contributed by atoms with E-state index >= 15 is 0 Å². The minimum Gasteiger partial charge on any atom is -0.352 e. The first kappa shape index (κ1) is 18.8. The van der Waals surface area contributed by atoms with Gasteiger partial charge in [-0.1, -0.05) is 48.0 Å². The Bertz CT molecular complexity index is 667. The molecule has 1 unspecified atom stereocenters. The van der Waals surface area contributed by atoms with E-state index in [4.69, 9.17) is 11.6 Å². The molecule has 0 spiro atoms. The smallest absolute Gasteiger partial charge is 0.224 e. The standard InChI is InChI=1S/C19H21ClN2O.ClH/c20-17-9-7-14(8-10-17)18-6-2-1-4-15(18)13-22-19(23)16-5-3-11-21-12-16;/h1-2,4,6-10,16,21H,3,5,11-13H2,(H,22,23);1H. The monoisotopic (exact) mass is 364 g/mol. The van der Waals surface area contributed by atoms with Crippen LogP contribution in [0.4, 0.5) is 0 Å². The summed E-state index contributed by atoms with van der Waals surface area (Å²) in [7, 11) is 0. The molecule has 3 rings (SSSR count). The summed E-state index contributed by atoms with van der Waals surface area (Å²) in [5.41, 5.74) is 3.36. The second-order valence-electron chi connectivity index (χ2n) is 5.93. The van der Waals surface area contributed by atoms with E-state index in [1.807, 2.05) is 36.4 Å². The van der Waals surface area contributed by atoms with Gasteiger partial charge in [0.05, 0.1) is 5.92 Å². The third kappa shape index (κ3) is 4.73. The first-order valence-corrected chi connectivity index (χ1v) is 8.44. The zero-order valence-electron chi connectivity index (χ0n) is 13.4. The molecule has 1 heterocycles. The highest BCUT2D eigenvalue weighted by Gasteiger charge is 2.20. The maximum Gasteiger partial charge on any atom is 0.224 e. The van der Waals surface area contributed by atoms with E-state index in [9.17, 15) is 4.79 Å². The number of benzene rings is 2. The van der Waals surface area contributed by atoms with Crippen LogP contribution >= 0.6 is 24.0 Å². The fourth-order valence-electron chi connectivity index (χ4n) is 2.99. The van der Waals surface area contributed by atoms with E-state index in [-0.39, 0.29) is 24.2 Å². The van der Waals surface area contributed by atoms with Crippen LogP contribution in [0, 0.1) is 5.92 Å². The lowest BCUT2D eigenvalue weighted by atomic mass is 9.97. The summed E-state index contributed by atoms with van der Waals surface area (Å²) in [6.45, 7) is 2.35. The van der Waals surface area contributed by atoms with Gasteiger partial charge < -0.3 is 10.6 Å². The molecule has 2 N–H and O–H groups in total. The van der Waals surface area contributed by atoms with Gasteiger partial charge in [-0.05, 0) is 48.2 Å².